The summed E-state index contributed by atoms with van der Waals surface area (Å²) in [6, 6.07) is 19.9. The van der Waals surface area contributed by atoms with Crippen LogP contribution in [0.4, 0.5) is 11.4 Å². The standard InChI is InChI=1S/C25H22ClN7O5/c26-19-9-10-21(31-14-27-29-30-31)22(13-19)32-15-38-33(16-37-32)23(11-17-5-2-1-3-6-17)24(34)28-20-8-4-7-18(12-20)25(35)36/h1-10,12-14,23H,11,15-16H2,(H,28,34)(H,35,36). The number of carbonyl (C=O) groups excluding carboxylic acids is 1. The maximum Gasteiger partial charge on any atom is 0.335 e. The van der Waals surface area contributed by atoms with Crippen LogP contribution in [0.25, 0.3) is 5.69 Å². The zero-order valence-electron chi connectivity index (χ0n) is 19.8. The number of hydroxylamine groups is 3. The lowest BCUT2D eigenvalue weighted by molar-refractivity contribution is -0.279. The fourth-order valence-electron chi connectivity index (χ4n) is 3.93. The molecule has 0 spiro atoms. The number of rotatable bonds is 8. The van der Waals surface area contributed by atoms with Crippen molar-refractivity contribution in [2.45, 2.75) is 12.5 Å². The van der Waals surface area contributed by atoms with Crippen LogP contribution < -0.4 is 10.4 Å². The Bertz CT molecular complexity index is 1410. The summed E-state index contributed by atoms with van der Waals surface area (Å²) >= 11 is 6.23. The van der Waals surface area contributed by atoms with Crippen molar-refractivity contribution in [3.8, 4) is 5.69 Å². The van der Waals surface area contributed by atoms with Crippen molar-refractivity contribution in [3.63, 3.8) is 0 Å². The molecule has 0 aliphatic carbocycles. The Kier molecular flexibility index (Phi) is 7.56. The third kappa shape index (κ3) is 5.79. The Morgan fingerprint density at radius 3 is 2.55 bits per heavy atom. The zero-order chi connectivity index (χ0) is 26.5. The van der Waals surface area contributed by atoms with E-state index < -0.39 is 12.0 Å². The van der Waals surface area contributed by atoms with Gasteiger partial charge in [0.1, 0.15) is 12.4 Å². The number of amides is 1. The number of nitrogens with one attached hydrogen (secondary N) is 1. The van der Waals surface area contributed by atoms with Crippen LogP contribution in [0.3, 0.4) is 0 Å². The van der Waals surface area contributed by atoms with Gasteiger partial charge < -0.3 is 10.4 Å². The van der Waals surface area contributed by atoms with Gasteiger partial charge >= 0.3 is 5.97 Å². The van der Waals surface area contributed by atoms with Crippen LogP contribution in [-0.4, -0.2) is 61.8 Å². The van der Waals surface area contributed by atoms with Crippen LogP contribution in [0.5, 0.6) is 0 Å². The van der Waals surface area contributed by atoms with Crippen LogP contribution in [0, 0.1) is 0 Å². The Balaban J connectivity index is 1.35. The fraction of sp³-hybridized carbons (Fsp3) is 0.160. The Morgan fingerprint density at radius 2 is 1.84 bits per heavy atom. The van der Waals surface area contributed by atoms with Crippen molar-refractivity contribution in [2.24, 2.45) is 0 Å². The highest BCUT2D eigenvalue weighted by molar-refractivity contribution is 6.31. The maximum absolute atomic E-state index is 13.4. The third-order valence-electron chi connectivity index (χ3n) is 5.78. The number of carboxylic acids is 1. The van der Waals surface area contributed by atoms with E-state index in [1.807, 2.05) is 30.3 Å². The van der Waals surface area contributed by atoms with Gasteiger partial charge in [-0.1, -0.05) is 48.0 Å². The second-order valence-corrected chi connectivity index (χ2v) is 8.72. The number of halogens is 1. The van der Waals surface area contributed by atoms with Gasteiger partial charge in [-0.25, -0.2) is 9.86 Å². The van der Waals surface area contributed by atoms with Crippen molar-refractivity contribution in [3.05, 3.63) is 95.3 Å². The van der Waals surface area contributed by atoms with Gasteiger partial charge in [0.15, 0.2) is 13.5 Å². The van der Waals surface area contributed by atoms with Crippen LogP contribution in [-0.2, 0) is 20.9 Å². The van der Waals surface area contributed by atoms with Crippen molar-refractivity contribution in [1.29, 1.82) is 0 Å². The summed E-state index contributed by atoms with van der Waals surface area (Å²) in [4.78, 5) is 36.7. The molecular formula is C25H22ClN7O5. The number of anilines is 2. The van der Waals surface area contributed by atoms with Gasteiger partial charge in [-0.15, -0.1) is 10.2 Å². The SMILES string of the molecule is O=C(O)c1cccc(NC(=O)C(Cc2ccccc2)N2CON(c3cc(Cl)ccc3-n3cnnn3)CO2)c1. The number of hydrogen-bond acceptors (Lipinski definition) is 9. The minimum atomic E-state index is -1.09. The second-order valence-electron chi connectivity index (χ2n) is 8.28. The number of hydrogen-bond donors (Lipinski definition) is 2. The second kappa shape index (κ2) is 11.4. The summed E-state index contributed by atoms with van der Waals surface area (Å²) in [5.74, 6) is -1.47. The van der Waals surface area contributed by atoms with Crippen molar-refractivity contribution in [2.75, 3.05) is 23.8 Å². The molecule has 1 amide bonds. The molecule has 5 rings (SSSR count). The predicted molar refractivity (Wildman–Crippen MR) is 136 cm³/mol. The number of carbonyl (C=O) groups is 2. The summed E-state index contributed by atoms with van der Waals surface area (Å²) in [6.45, 7) is -0.135. The minimum Gasteiger partial charge on any atom is -0.478 e. The molecule has 2 heterocycles. The average molecular weight is 536 g/mol. The average Bonchev–Trinajstić information content (AvgIpc) is 3.47. The molecule has 0 saturated carbocycles. The van der Waals surface area contributed by atoms with E-state index in [2.05, 4.69) is 20.8 Å². The van der Waals surface area contributed by atoms with E-state index in [1.165, 1.54) is 33.3 Å². The van der Waals surface area contributed by atoms with Gasteiger partial charge in [0.25, 0.3) is 0 Å². The molecule has 1 atom stereocenters. The largest absolute Gasteiger partial charge is 0.478 e. The lowest BCUT2D eigenvalue weighted by atomic mass is 10.0. The molecule has 1 aliphatic rings. The van der Waals surface area contributed by atoms with Gasteiger partial charge in [0.2, 0.25) is 5.91 Å². The lowest BCUT2D eigenvalue weighted by Crippen LogP contribution is -2.52. The number of nitrogens with zero attached hydrogens (tertiary/aromatic N) is 6. The summed E-state index contributed by atoms with van der Waals surface area (Å²) in [5.41, 5.74) is 2.52. The smallest absolute Gasteiger partial charge is 0.335 e. The van der Waals surface area contributed by atoms with Gasteiger partial charge in [-0.05, 0) is 58.8 Å². The van der Waals surface area contributed by atoms with E-state index in [-0.39, 0.29) is 24.9 Å². The van der Waals surface area contributed by atoms with Gasteiger partial charge in [-0.3, -0.25) is 14.5 Å². The zero-order valence-corrected chi connectivity index (χ0v) is 20.6. The highest BCUT2D eigenvalue weighted by Gasteiger charge is 2.32. The molecule has 2 N–H and O–H groups in total. The summed E-state index contributed by atoms with van der Waals surface area (Å²) < 4.78 is 1.47. The number of aromatic carboxylic acids is 1. The number of tetrazole rings is 1. The van der Waals surface area contributed by atoms with Gasteiger partial charge in [-0.2, -0.15) is 4.68 Å². The minimum absolute atomic E-state index is 0.0530. The molecule has 0 bridgehead atoms. The molecule has 3 aromatic carbocycles. The monoisotopic (exact) mass is 535 g/mol. The first kappa shape index (κ1) is 25.3. The van der Waals surface area contributed by atoms with E-state index in [0.29, 0.717) is 28.5 Å². The van der Waals surface area contributed by atoms with Crippen molar-refractivity contribution in [1.82, 2.24) is 25.3 Å². The summed E-state index contributed by atoms with van der Waals surface area (Å²) in [5, 5.41) is 26.8. The number of benzene rings is 3. The van der Waals surface area contributed by atoms with E-state index in [4.69, 9.17) is 21.3 Å². The van der Waals surface area contributed by atoms with Crippen LogP contribution in [0.15, 0.2) is 79.1 Å². The molecule has 1 fully saturated rings. The third-order valence-corrected chi connectivity index (χ3v) is 6.02. The maximum atomic E-state index is 13.4. The van der Waals surface area contributed by atoms with E-state index in [1.54, 1.807) is 30.3 Å². The molecule has 38 heavy (non-hydrogen) atoms. The van der Waals surface area contributed by atoms with Crippen molar-refractivity contribution < 1.29 is 24.4 Å². The number of aromatic nitrogens is 4. The molecule has 12 nitrogen and oxygen atoms in total. The fourth-order valence-corrected chi connectivity index (χ4v) is 4.09. The quantitative estimate of drug-likeness (QED) is 0.346. The normalized spacial score (nSPS) is 14.7. The van der Waals surface area contributed by atoms with E-state index >= 15 is 0 Å². The Labute approximate surface area is 221 Å². The molecule has 0 radical (unpaired) electrons. The van der Waals surface area contributed by atoms with Crippen LogP contribution in [0.1, 0.15) is 15.9 Å². The van der Waals surface area contributed by atoms with Crippen molar-refractivity contribution >= 4 is 34.9 Å². The lowest BCUT2D eigenvalue weighted by Gasteiger charge is -2.38. The summed E-state index contributed by atoms with van der Waals surface area (Å²) in [7, 11) is 0. The molecule has 4 aromatic rings. The first-order valence-electron chi connectivity index (χ1n) is 11.5. The molecule has 1 saturated heterocycles. The van der Waals surface area contributed by atoms with Crippen LogP contribution >= 0.6 is 11.6 Å². The Morgan fingerprint density at radius 1 is 1.00 bits per heavy atom. The van der Waals surface area contributed by atoms with Gasteiger partial charge in [0, 0.05) is 10.7 Å². The molecule has 1 aromatic heterocycles. The Hall–Kier alpha value is -4.36. The first-order valence-corrected chi connectivity index (χ1v) is 11.9. The topological polar surface area (TPSA) is 135 Å². The molecular weight excluding hydrogens is 514 g/mol. The van der Waals surface area contributed by atoms with Crippen LogP contribution in [0.2, 0.25) is 5.02 Å². The van der Waals surface area contributed by atoms with Gasteiger partial charge in [0.05, 0.1) is 16.9 Å². The molecule has 194 valence electrons. The van der Waals surface area contributed by atoms with E-state index in [9.17, 15) is 14.7 Å². The number of carboxylic acid groups (broad SMARTS) is 1. The highest BCUT2D eigenvalue weighted by atomic mass is 35.5. The predicted octanol–water partition coefficient (Wildman–Crippen LogP) is 3.16. The molecule has 1 aliphatic heterocycles. The highest BCUT2D eigenvalue weighted by Crippen LogP contribution is 2.30. The summed E-state index contributed by atoms with van der Waals surface area (Å²) in [6.07, 6.45) is 1.77. The van der Waals surface area contributed by atoms with E-state index in [0.717, 1.165) is 5.56 Å². The first-order chi connectivity index (χ1) is 18.5. The molecule has 1 unspecified atom stereocenters. The molecule has 13 heteroatoms.